The topological polar surface area (TPSA) is 66.4 Å². The molecule has 0 atom stereocenters. The average Bonchev–Trinajstić information content (AvgIpc) is 2.34. The molecule has 0 spiro atoms. The molecule has 0 fully saturated rings. The number of alkyl halides is 3. The lowest BCUT2D eigenvalue weighted by Gasteiger charge is -2.26. The van der Waals surface area contributed by atoms with Gasteiger partial charge in [-0.15, -0.1) is 0 Å². The first-order chi connectivity index (χ1) is 9.94. The zero-order valence-corrected chi connectivity index (χ0v) is 11.9. The molecule has 1 amide bonds. The second-order valence-corrected chi connectivity index (χ2v) is 5.40. The summed E-state index contributed by atoms with van der Waals surface area (Å²) in [4.78, 5) is 22.5. The first-order valence-electron chi connectivity index (χ1n) is 6.34. The second kappa shape index (κ2) is 6.33. The largest absolute Gasteiger partial charge is 0.481 e. The van der Waals surface area contributed by atoms with Crippen LogP contribution < -0.4 is 5.32 Å². The van der Waals surface area contributed by atoms with E-state index in [4.69, 9.17) is 5.11 Å². The number of carboxylic acid groups (broad SMARTS) is 1. The van der Waals surface area contributed by atoms with Crippen LogP contribution in [0.4, 0.5) is 17.6 Å². The molecule has 2 N–H and O–H groups in total. The number of benzene rings is 1. The number of aliphatic carboxylic acids is 1. The fraction of sp³-hybridized carbons (Fsp3) is 0.429. The number of carbonyl (C=O) groups excluding carboxylic acids is 1. The van der Waals surface area contributed by atoms with Gasteiger partial charge in [-0.2, -0.15) is 13.2 Å². The summed E-state index contributed by atoms with van der Waals surface area (Å²) in [6.07, 6.45) is -5.09. The molecule has 0 saturated carbocycles. The number of carbonyl (C=O) groups is 2. The van der Waals surface area contributed by atoms with E-state index in [9.17, 15) is 27.2 Å². The Labute approximate surface area is 124 Å². The van der Waals surface area contributed by atoms with Crippen LogP contribution in [0.1, 0.15) is 42.6 Å². The highest BCUT2D eigenvalue weighted by atomic mass is 19.4. The third-order valence-corrected chi connectivity index (χ3v) is 2.96. The van der Waals surface area contributed by atoms with E-state index in [1.165, 1.54) is 13.8 Å². The lowest BCUT2D eigenvalue weighted by atomic mass is 9.97. The molecule has 0 saturated heterocycles. The Morgan fingerprint density at radius 2 is 1.82 bits per heavy atom. The van der Waals surface area contributed by atoms with Crippen LogP contribution in [0.5, 0.6) is 0 Å². The molecule has 0 heterocycles. The summed E-state index contributed by atoms with van der Waals surface area (Å²) in [6.45, 7) is 3.00. The minimum Gasteiger partial charge on any atom is -0.481 e. The lowest BCUT2D eigenvalue weighted by Crippen LogP contribution is -2.44. The van der Waals surface area contributed by atoms with Crippen molar-refractivity contribution in [3.05, 3.63) is 35.1 Å². The maximum Gasteiger partial charge on any atom is 0.419 e. The van der Waals surface area contributed by atoms with E-state index >= 15 is 0 Å². The minimum atomic E-state index is -4.90. The van der Waals surface area contributed by atoms with Crippen molar-refractivity contribution in [3.63, 3.8) is 0 Å². The number of hydrogen-bond donors (Lipinski definition) is 2. The molecule has 0 aliphatic heterocycles. The van der Waals surface area contributed by atoms with E-state index in [1.54, 1.807) is 0 Å². The van der Waals surface area contributed by atoms with Crippen molar-refractivity contribution in [1.29, 1.82) is 0 Å². The van der Waals surface area contributed by atoms with Crippen LogP contribution in [0, 0.1) is 5.82 Å². The first kappa shape index (κ1) is 17.9. The minimum absolute atomic E-state index is 0.0503. The molecule has 0 aliphatic carbocycles. The van der Waals surface area contributed by atoms with Crippen LogP contribution in [0.2, 0.25) is 0 Å². The maximum atomic E-state index is 13.8. The summed E-state index contributed by atoms with van der Waals surface area (Å²) in [7, 11) is 0. The van der Waals surface area contributed by atoms with Gasteiger partial charge in [0.2, 0.25) is 0 Å². The first-order valence-corrected chi connectivity index (χ1v) is 6.34. The van der Waals surface area contributed by atoms with Crippen LogP contribution in [0.3, 0.4) is 0 Å². The number of amides is 1. The van der Waals surface area contributed by atoms with Crippen molar-refractivity contribution >= 4 is 11.9 Å². The molecule has 0 radical (unpaired) electrons. The van der Waals surface area contributed by atoms with Crippen LogP contribution in [-0.4, -0.2) is 22.5 Å². The molecule has 22 heavy (non-hydrogen) atoms. The van der Waals surface area contributed by atoms with Gasteiger partial charge in [0, 0.05) is 12.0 Å². The summed E-state index contributed by atoms with van der Waals surface area (Å²) in [5, 5.41) is 10.9. The van der Waals surface area contributed by atoms with E-state index < -0.39 is 40.5 Å². The Bertz CT molecular complexity index is 582. The van der Waals surface area contributed by atoms with Gasteiger partial charge in [0.25, 0.3) is 5.91 Å². The molecular formula is C14H15F4NO3. The SMILES string of the molecule is CC(C)(CCC(=O)O)NC(=O)c1cccc(C(F)(F)F)c1F. The summed E-state index contributed by atoms with van der Waals surface area (Å²) in [5.41, 5.74) is -3.27. The van der Waals surface area contributed by atoms with E-state index in [2.05, 4.69) is 5.32 Å². The van der Waals surface area contributed by atoms with Gasteiger partial charge in [0.05, 0.1) is 11.1 Å². The molecule has 0 aliphatic rings. The van der Waals surface area contributed by atoms with Crippen LogP contribution in [0.25, 0.3) is 0 Å². The molecule has 0 aromatic heterocycles. The van der Waals surface area contributed by atoms with Crippen molar-refractivity contribution in [2.75, 3.05) is 0 Å². The third kappa shape index (κ3) is 4.71. The molecule has 122 valence electrons. The highest BCUT2D eigenvalue weighted by molar-refractivity contribution is 5.95. The third-order valence-electron chi connectivity index (χ3n) is 2.96. The molecule has 0 unspecified atom stereocenters. The van der Waals surface area contributed by atoms with Gasteiger partial charge in [-0.05, 0) is 32.4 Å². The average molecular weight is 321 g/mol. The predicted molar refractivity (Wildman–Crippen MR) is 69.8 cm³/mol. The Hall–Kier alpha value is -2.12. The monoisotopic (exact) mass is 321 g/mol. The summed E-state index contributed by atoms with van der Waals surface area (Å²) in [6, 6.07) is 2.42. The Balaban J connectivity index is 2.97. The Morgan fingerprint density at radius 1 is 1.23 bits per heavy atom. The van der Waals surface area contributed by atoms with Crippen LogP contribution in [-0.2, 0) is 11.0 Å². The van der Waals surface area contributed by atoms with Gasteiger partial charge < -0.3 is 10.4 Å². The van der Waals surface area contributed by atoms with Crippen molar-refractivity contribution in [2.24, 2.45) is 0 Å². The summed E-state index contributed by atoms with van der Waals surface area (Å²) >= 11 is 0. The van der Waals surface area contributed by atoms with Gasteiger partial charge >= 0.3 is 12.1 Å². The highest BCUT2D eigenvalue weighted by Crippen LogP contribution is 2.32. The highest BCUT2D eigenvalue weighted by Gasteiger charge is 2.36. The quantitative estimate of drug-likeness (QED) is 0.818. The molecule has 4 nitrogen and oxygen atoms in total. The van der Waals surface area contributed by atoms with Crippen LogP contribution in [0.15, 0.2) is 18.2 Å². The molecule has 1 aromatic carbocycles. The van der Waals surface area contributed by atoms with E-state index in [0.29, 0.717) is 6.07 Å². The number of hydrogen-bond acceptors (Lipinski definition) is 2. The Morgan fingerprint density at radius 3 is 2.32 bits per heavy atom. The van der Waals surface area contributed by atoms with Gasteiger partial charge in [-0.25, -0.2) is 4.39 Å². The number of nitrogens with one attached hydrogen (secondary N) is 1. The van der Waals surface area contributed by atoms with Gasteiger partial charge in [-0.1, -0.05) is 6.07 Å². The van der Waals surface area contributed by atoms with Gasteiger partial charge in [0.1, 0.15) is 5.82 Å². The molecule has 1 rings (SSSR count). The standard InChI is InChI=1S/C14H15F4NO3/c1-13(2,7-6-10(20)21)19-12(22)8-4-3-5-9(11(8)15)14(16,17)18/h3-5H,6-7H2,1-2H3,(H,19,22)(H,20,21). The normalized spacial score (nSPS) is 12.1. The summed E-state index contributed by atoms with van der Waals surface area (Å²) in [5.74, 6) is -3.76. The molecule has 1 aromatic rings. The molecule has 8 heteroatoms. The number of halogens is 4. The molecule has 0 bridgehead atoms. The van der Waals surface area contributed by atoms with Gasteiger partial charge in [-0.3, -0.25) is 9.59 Å². The number of rotatable bonds is 5. The lowest BCUT2D eigenvalue weighted by molar-refractivity contribution is -0.140. The smallest absolute Gasteiger partial charge is 0.419 e. The number of carboxylic acids is 1. The van der Waals surface area contributed by atoms with Gasteiger partial charge in [0.15, 0.2) is 0 Å². The zero-order chi connectivity index (χ0) is 17.1. The Kier molecular flexibility index (Phi) is 5.16. The van der Waals surface area contributed by atoms with Crippen molar-refractivity contribution in [1.82, 2.24) is 5.32 Å². The van der Waals surface area contributed by atoms with Crippen molar-refractivity contribution in [3.8, 4) is 0 Å². The fourth-order valence-corrected chi connectivity index (χ4v) is 1.78. The zero-order valence-electron chi connectivity index (χ0n) is 11.9. The van der Waals surface area contributed by atoms with E-state index in [-0.39, 0.29) is 12.8 Å². The second-order valence-electron chi connectivity index (χ2n) is 5.40. The van der Waals surface area contributed by atoms with Crippen molar-refractivity contribution < 1.29 is 32.3 Å². The van der Waals surface area contributed by atoms with E-state index in [1.807, 2.05) is 0 Å². The van der Waals surface area contributed by atoms with Crippen molar-refractivity contribution in [2.45, 2.75) is 38.4 Å². The maximum absolute atomic E-state index is 13.8. The fourth-order valence-electron chi connectivity index (χ4n) is 1.78. The summed E-state index contributed by atoms with van der Waals surface area (Å²) < 4.78 is 51.6. The predicted octanol–water partition coefficient (Wildman–Crippen LogP) is 3.22. The van der Waals surface area contributed by atoms with E-state index in [0.717, 1.165) is 12.1 Å². The molecular weight excluding hydrogens is 306 g/mol. The van der Waals surface area contributed by atoms with Crippen LogP contribution >= 0.6 is 0 Å².